The van der Waals surface area contributed by atoms with E-state index >= 15 is 0 Å². The number of hydrogen-bond donors (Lipinski definition) is 1. The highest BCUT2D eigenvalue weighted by molar-refractivity contribution is 7.76. The van der Waals surface area contributed by atoms with Gasteiger partial charge in [0.05, 0.1) is 0 Å². The first-order valence-corrected chi connectivity index (χ1v) is 10.4. The van der Waals surface area contributed by atoms with Crippen LogP contribution >= 0.6 is 7.29 Å². The first-order valence-electron chi connectivity index (χ1n) is 8.73. The van der Waals surface area contributed by atoms with E-state index in [-0.39, 0.29) is 0 Å². The van der Waals surface area contributed by atoms with Crippen molar-refractivity contribution >= 4 is 17.9 Å². The number of rotatable bonds is 5. The Morgan fingerprint density at radius 3 is 1.96 bits per heavy atom. The van der Waals surface area contributed by atoms with Gasteiger partial charge in [0.15, 0.2) is 0 Å². The average molecular weight is 327 g/mol. The summed E-state index contributed by atoms with van der Waals surface area (Å²) >= 11 is 0. The maximum atomic E-state index is 14.0. The third-order valence-corrected chi connectivity index (χ3v) is 7.77. The van der Waals surface area contributed by atoms with Gasteiger partial charge in [-0.1, -0.05) is 62.6 Å². The smallest absolute Gasteiger partial charge is 0.204 e. The second-order valence-electron chi connectivity index (χ2n) is 6.47. The van der Waals surface area contributed by atoms with Gasteiger partial charge in [-0.3, -0.25) is 9.65 Å². The van der Waals surface area contributed by atoms with E-state index in [1.165, 1.54) is 19.3 Å². The van der Waals surface area contributed by atoms with Crippen LogP contribution in [0.5, 0.6) is 0 Å². The zero-order valence-corrected chi connectivity index (χ0v) is 14.7. The molecule has 2 aromatic rings. The minimum Gasteiger partial charge on any atom is -0.297 e. The molecule has 122 valence electrons. The van der Waals surface area contributed by atoms with Gasteiger partial charge in [0.25, 0.3) is 0 Å². The molecule has 1 aliphatic carbocycles. The van der Waals surface area contributed by atoms with E-state index in [9.17, 15) is 4.57 Å². The Hall–Kier alpha value is -1.37. The number of nitrogens with one attached hydrogen (secondary N) is 1. The molecule has 0 unspecified atom stereocenters. The largest absolute Gasteiger partial charge is 0.297 e. The summed E-state index contributed by atoms with van der Waals surface area (Å²) in [6, 6.07) is 20.2. The molecule has 3 rings (SSSR count). The lowest BCUT2D eigenvalue weighted by molar-refractivity contribution is 0.283. The minimum atomic E-state index is -2.79. The zero-order chi connectivity index (χ0) is 16.1. The van der Waals surface area contributed by atoms with Gasteiger partial charge in [-0.15, -0.1) is 0 Å². The molecule has 0 radical (unpaired) electrons. The fraction of sp³-hybridized carbons (Fsp3) is 0.400. The summed E-state index contributed by atoms with van der Waals surface area (Å²) < 4.78 is 14.0. The summed E-state index contributed by atoms with van der Waals surface area (Å²) in [6.45, 7) is 2.25. The molecule has 0 amide bonds. The first-order chi connectivity index (χ1) is 11.2. The van der Waals surface area contributed by atoms with Gasteiger partial charge in [-0.2, -0.15) is 0 Å². The topological polar surface area (TPSA) is 29.1 Å². The van der Waals surface area contributed by atoms with Crippen LogP contribution in [0.3, 0.4) is 0 Å². The molecule has 1 saturated carbocycles. The Morgan fingerprint density at radius 1 is 0.913 bits per heavy atom. The molecule has 1 fully saturated rings. The fourth-order valence-electron chi connectivity index (χ4n) is 3.67. The Labute approximate surface area is 139 Å². The maximum absolute atomic E-state index is 14.0. The molecule has 2 aromatic carbocycles. The highest BCUT2D eigenvalue weighted by atomic mass is 31.2. The molecule has 3 heteroatoms. The van der Waals surface area contributed by atoms with Gasteiger partial charge in [0.1, 0.15) is 0 Å². The molecule has 23 heavy (non-hydrogen) atoms. The normalized spacial score (nSPS) is 22.0. The lowest BCUT2D eigenvalue weighted by Crippen LogP contribution is -2.41. The Bertz CT molecular complexity index is 612. The quantitative estimate of drug-likeness (QED) is 0.821. The fourth-order valence-corrected chi connectivity index (χ4v) is 6.26. The molecule has 0 aliphatic heterocycles. The first kappa shape index (κ1) is 16.5. The molecule has 0 heterocycles. The van der Waals surface area contributed by atoms with E-state index in [2.05, 4.69) is 12.0 Å². The lowest BCUT2D eigenvalue weighted by atomic mass is 9.83. The van der Waals surface area contributed by atoms with Crippen molar-refractivity contribution in [2.75, 3.05) is 0 Å². The van der Waals surface area contributed by atoms with Crippen molar-refractivity contribution in [3.8, 4) is 0 Å². The second kappa shape index (κ2) is 7.47. The van der Waals surface area contributed by atoms with Crippen LogP contribution in [0.2, 0.25) is 0 Å². The van der Waals surface area contributed by atoms with Gasteiger partial charge in [-0.25, -0.2) is 0 Å². The predicted octanol–water partition coefficient (Wildman–Crippen LogP) is 4.47. The third kappa shape index (κ3) is 3.59. The van der Waals surface area contributed by atoms with Gasteiger partial charge >= 0.3 is 0 Å². The Balaban J connectivity index is 1.98. The van der Waals surface area contributed by atoms with E-state index in [4.69, 9.17) is 0 Å². The summed E-state index contributed by atoms with van der Waals surface area (Å²) in [6.07, 6.45) is 6.07. The molecule has 0 aromatic heterocycles. The second-order valence-corrected chi connectivity index (χ2v) is 8.98. The van der Waals surface area contributed by atoms with Crippen LogP contribution in [0, 0.1) is 5.92 Å². The van der Waals surface area contributed by atoms with Crippen molar-refractivity contribution in [2.24, 2.45) is 5.92 Å². The van der Waals surface area contributed by atoms with Crippen molar-refractivity contribution in [1.29, 1.82) is 0 Å². The summed E-state index contributed by atoms with van der Waals surface area (Å²) in [7, 11) is -2.79. The van der Waals surface area contributed by atoms with Crippen molar-refractivity contribution in [3.05, 3.63) is 60.7 Å². The standard InChI is InChI=1S/C20H26NOP/c1-2-17-11-9-10-16-20(17)21-23(22,18-12-5-3-6-13-18)19-14-7-4-8-15-19/h3-8,12-15,17,20H,2,9-11,16H2,1H3,(H,21,22)/t17-,20+/m0/s1. The van der Waals surface area contributed by atoms with Crippen LogP contribution in [-0.4, -0.2) is 6.04 Å². The highest BCUT2D eigenvalue weighted by Crippen LogP contribution is 2.42. The third-order valence-electron chi connectivity index (χ3n) is 5.02. The SMILES string of the molecule is CC[C@H]1CCCC[C@H]1NP(=O)(c1ccccc1)c1ccccc1. The van der Waals surface area contributed by atoms with Crippen LogP contribution in [0.4, 0.5) is 0 Å². The van der Waals surface area contributed by atoms with Gasteiger partial charge < -0.3 is 0 Å². The van der Waals surface area contributed by atoms with Crippen molar-refractivity contribution in [1.82, 2.24) is 5.09 Å². The molecule has 1 N–H and O–H groups in total. The van der Waals surface area contributed by atoms with E-state index in [0.29, 0.717) is 12.0 Å². The molecule has 2 nitrogen and oxygen atoms in total. The number of hydrogen-bond acceptors (Lipinski definition) is 1. The van der Waals surface area contributed by atoms with Gasteiger partial charge in [-0.05, 0) is 43.0 Å². The summed E-state index contributed by atoms with van der Waals surface area (Å²) in [5.41, 5.74) is 0. The highest BCUT2D eigenvalue weighted by Gasteiger charge is 2.33. The zero-order valence-electron chi connectivity index (χ0n) is 13.8. The molecule has 2 atom stereocenters. The maximum Gasteiger partial charge on any atom is 0.204 e. The van der Waals surface area contributed by atoms with Crippen molar-refractivity contribution < 1.29 is 4.57 Å². The van der Waals surface area contributed by atoms with Crippen LogP contribution < -0.4 is 15.7 Å². The summed E-state index contributed by atoms with van der Waals surface area (Å²) in [4.78, 5) is 0. The predicted molar refractivity (Wildman–Crippen MR) is 98.9 cm³/mol. The van der Waals surface area contributed by atoms with E-state index in [0.717, 1.165) is 23.5 Å². The van der Waals surface area contributed by atoms with E-state index in [1.807, 2.05) is 60.7 Å². The van der Waals surface area contributed by atoms with Crippen molar-refractivity contribution in [2.45, 2.75) is 45.1 Å². The van der Waals surface area contributed by atoms with Crippen LogP contribution in [0.25, 0.3) is 0 Å². The Kier molecular flexibility index (Phi) is 5.35. The summed E-state index contributed by atoms with van der Waals surface area (Å²) in [5.74, 6) is 0.629. The van der Waals surface area contributed by atoms with E-state index < -0.39 is 7.29 Å². The van der Waals surface area contributed by atoms with Crippen LogP contribution in [0.1, 0.15) is 39.0 Å². The number of benzene rings is 2. The van der Waals surface area contributed by atoms with Gasteiger partial charge in [0, 0.05) is 16.7 Å². The summed E-state index contributed by atoms with van der Waals surface area (Å²) in [5, 5.41) is 5.44. The molecule has 0 bridgehead atoms. The van der Waals surface area contributed by atoms with Crippen LogP contribution in [0.15, 0.2) is 60.7 Å². The monoisotopic (exact) mass is 327 g/mol. The molecular formula is C20H26NOP. The van der Waals surface area contributed by atoms with Crippen molar-refractivity contribution in [3.63, 3.8) is 0 Å². The van der Waals surface area contributed by atoms with Crippen LogP contribution in [-0.2, 0) is 4.57 Å². The average Bonchev–Trinajstić information content (AvgIpc) is 2.63. The van der Waals surface area contributed by atoms with E-state index in [1.54, 1.807) is 0 Å². The molecular weight excluding hydrogens is 301 g/mol. The molecule has 1 aliphatic rings. The minimum absolute atomic E-state index is 0.347. The Morgan fingerprint density at radius 2 is 1.43 bits per heavy atom. The van der Waals surface area contributed by atoms with Gasteiger partial charge in [0.2, 0.25) is 7.29 Å². The lowest BCUT2D eigenvalue weighted by Gasteiger charge is -2.35. The molecule has 0 saturated heterocycles. The molecule has 0 spiro atoms.